The van der Waals surface area contributed by atoms with E-state index in [1.807, 2.05) is 26.0 Å². The van der Waals surface area contributed by atoms with Gasteiger partial charge in [-0.1, -0.05) is 17.7 Å². The molecular weight excluding hydrogens is 192 g/mol. The van der Waals surface area contributed by atoms with Crippen LogP contribution in [-0.4, -0.2) is 12.5 Å². The summed E-state index contributed by atoms with van der Waals surface area (Å²) in [5, 5.41) is 0. The monoisotopic (exact) mass is 208 g/mol. The molecule has 0 saturated heterocycles. The van der Waals surface area contributed by atoms with E-state index in [1.54, 1.807) is 6.07 Å². The van der Waals surface area contributed by atoms with Crippen LogP contribution in [0, 0.1) is 6.92 Å². The minimum atomic E-state index is -0.494. The molecule has 4 nitrogen and oxygen atoms in total. The SMILES string of the molecule is Cc1ccc(OCC(N)=O)c([C@H](C)N)c1. The third-order valence-corrected chi connectivity index (χ3v) is 2.03. The smallest absolute Gasteiger partial charge is 0.255 e. The molecule has 0 bridgehead atoms. The maximum Gasteiger partial charge on any atom is 0.255 e. The van der Waals surface area contributed by atoms with Gasteiger partial charge in [0.25, 0.3) is 5.91 Å². The molecule has 0 spiro atoms. The predicted octanol–water partition coefficient (Wildman–Crippen LogP) is 0.879. The van der Waals surface area contributed by atoms with Crippen molar-refractivity contribution in [2.75, 3.05) is 6.61 Å². The lowest BCUT2D eigenvalue weighted by Crippen LogP contribution is -2.21. The number of hydrogen-bond donors (Lipinski definition) is 2. The Labute approximate surface area is 89.2 Å². The van der Waals surface area contributed by atoms with Crippen LogP contribution in [0.3, 0.4) is 0 Å². The summed E-state index contributed by atoms with van der Waals surface area (Å²) in [7, 11) is 0. The number of aryl methyl sites for hydroxylation is 1. The van der Waals surface area contributed by atoms with Gasteiger partial charge in [-0.25, -0.2) is 0 Å². The maximum absolute atomic E-state index is 10.6. The molecule has 0 fully saturated rings. The van der Waals surface area contributed by atoms with Crippen molar-refractivity contribution in [2.45, 2.75) is 19.9 Å². The first-order valence-electron chi connectivity index (χ1n) is 4.78. The van der Waals surface area contributed by atoms with Gasteiger partial charge in [0.2, 0.25) is 0 Å². The minimum absolute atomic E-state index is 0.122. The van der Waals surface area contributed by atoms with Gasteiger partial charge in [0, 0.05) is 11.6 Å². The van der Waals surface area contributed by atoms with Crippen molar-refractivity contribution in [3.8, 4) is 5.75 Å². The van der Waals surface area contributed by atoms with Crippen LogP contribution in [0.15, 0.2) is 18.2 Å². The van der Waals surface area contributed by atoms with E-state index in [1.165, 1.54) is 0 Å². The number of carbonyl (C=O) groups is 1. The maximum atomic E-state index is 10.6. The number of rotatable bonds is 4. The van der Waals surface area contributed by atoms with Gasteiger partial charge in [-0.3, -0.25) is 4.79 Å². The van der Waals surface area contributed by atoms with Crippen molar-refractivity contribution >= 4 is 5.91 Å². The lowest BCUT2D eigenvalue weighted by Gasteiger charge is -2.13. The number of nitrogens with two attached hydrogens (primary N) is 2. The summed E-state index contributed by atoms with van der Waals surface area (Å²) in [6.45, 7) is 3.72. The zero-order valence-electron chi connectivity index (χ0n) is 8.99. The number of ether oxygens (including phenoxy) is 1. The Balaban J connectivity index is 2.90. The molecule has 0 saturated carbocycles. The molecule has 0 unspecified atom stereocenters. The van der Waals surface area contributed by atoms with Gasteiger partial charge in [-0.15, -0.1) is 0 Å². The van der Waals surface area contributed by atoms with Crippen LogP contribution in [0.2, 0.25) is 0 Å². The van der Waals surface area contributed by atoms with E-state index in [2.05, 4.69) is 0 Å². The molecule has 15 heavy (non-hydrogen) atoms. The van der Waals surface area contributed by atoms with Crippen molar-refractivity contribution in [1.82, 2.24) is 0 Å². The van der Waals surface area contributed by atoms with Crippen molar-refractivity contribution in [3.05, 3.63) is 29.3 Å². The van der Waals surface area contributed by atoms with Crippen molar-refractivity contribution in [3.63, 3.8) is 0 Å². The Morgan fingerprint density at radius 2 is 2.20 bits per heavy atom. The Morgan fingerprint density at radius 1 is 1.53 bits per heavy atom. The first-order valence-corrected chi connectivity index (χ1v) is 4.78. The van der Waals surface area contributed by atoms with E-state index in [9.17, 15) is 4.79 Å². The standard InChI is InChI=1S/C11H16N2O2/c1-7-3-4-10(15-6-11(13)14)9(5-7)8(2)12/h3-5,8H,6,12H2,1-2H3,(H2,13,14)/t8-/m0/s1. The van der Waals surface area contributed by atoms with Crippen LogP contribution in [0.25, 0.3) is 0 Å². The molecule has 1 rings (SSSR count). The Bertz CT molecular complexity index is 362. The molecule has 0 heterocycles. The van der Waals surface area contributed by atoms with Gasteiger partial charge in [0.05, 0.1) is 0 Å². The molecule has 1 aromatic rings. The van der Waals surface area contributed by atoms with Gasteiger partial charge in [0.15, 0.2) is 6.61 Å². The lowest BCUT2D eigenvalue weighted by molar-refractivity contribution is -0.119. The van der Waals surface area contributed by atoms with Crippen LogP contribution >= 0.6 is 0 Å². The van der Waals surface area contributed by atoms with Crippen LogP contribution in [0.5, 0.6) is 5.75 Å². The summed E-state index contributed by atoms with van der Waals surface area (Å²) >= 11 is 0. The third kappa shape index (κ3) is 3.25. The van der Waals surface area contributed by atoms with Gasteiger partial charge in [-0.05, 0) is 19.9 Å². The summed E-state index contributed by atoms with van der Waals surface area (Å²) in [4.78, 5) is 10.6. The average Bonchev–Trinajstić information content (AvgIpc) is 2.15. The quantitative estimate of drug-likeness (QED) is 0.771. The summed E-state index contributed by atoms with van der Waals surface area (Å²) < 4.78 is 5.26. The molecule has 0 radical (unpaired) electrons. The normalized spacial score (nSPS) is 12.2. The molecule has 0 aliphatic heterocycles. The Hall–Kier alpha value is -1.55. The highest BCUT2D eigenvalue weighted by atomic mass is 16.5. The van der Waals surface area contributed by atoms with Crippen LogP contribution in [0.4, 0.5) is 0 Å². The van der Waals surface area contributed by atoms with E-state index in [-0.39, 0.29) is 12.6 Å². The highest BCUT2D eigenvalue weighted by Crippen LogP contribution is 2.24. The molecular formula is C11H16N2O2. The van der Waals surface area contributed by atoms with Gasteiger partial charge in [-0.2, -0.15) is 0 Å². The summed E-state index contributed by atoms with van der Waals surface area (Å²) in [5.41, 5.74) is 12.8. The molecule has 4 heteroatoms. The third-order valence-electron chi connectivity index (χ3n) is 2.03. The largest absolute Gasteiger partial charge is 0.483 e. The molecule has 0 aliphatic rings. The predicted molar refractivity (Wildman–Crippen MR) is 58.5 cm³/mol. The highest BCUT2D eigenvalue weighted by molar-refractivity contribution is 5.75. The summed E-state index contributed by atoms with van der Waals surface area (Å²) in [6, 6.07) is 5.52. The number of hydrogen-bond acceptors (Lipinski definition) is 3. The van der Waals surface area contributed by atoms with E-state index in [4.69, 9.17) is 16.2 Å². The number of amides is 1. The van der Waals surface area contributed by atoms with Crippen molar-refractivity contribution < 1.29 is 9.53 Å². The van der Waals surface area contributed by atoms with Crippen molar-refractivity contribution in [2.24, 2.45) is 11.5 Å². The Kier molecular flexibility index (Phi) is 3.68. The molecule has 1 aromatic carbocycles. The van der Waals surface area contributed by atoms with Gasteiger partial charge < -0.3 is 16.2 Å². The molecule has 1 amide bonds. The molecule has 0 aliphatic carbocycles. The Morgan fingerprint density at radius 3 is 2.73 bits per heavy atom. The van der Waals surface area contributed by atoms with E-state index < -0.39 is 5.91 Å². The van der Waals surface area contributed by atoms with E-state index in [0.29, 0.717) is 5.75 Å². The second kappa shape index (κ2) is 4.79. The van der Waals surface area contributed by atoms with E-state index >= 15 is 0 Å². The van der Waals surface area contributed by atoms with Gasteiger partial charge >= 0.3 is 0 Å². The van der Waals surface area contributed by atoms with Crippen LogP contribution < -0.4 is 16.2 Å². The zero-order valence-corrected chi connectivity index (χ0v) is 8.99. The second-order valence-electron chi connectivity index (χ2n) is 3.58. The van der Waals surface area contributed by atoms with Crippen LogP contribution in [0.1, 0.15) is 24.1 Å². The number of primary amides is 1. The first kappa shape index (κ1) is 11.5. The highest BCUT2D eigenvalue weighted by Gasteiger charge is 2.09. The lowest BCUT2D eigenvalue weighted by atomic mass is 10.1. The second-order valence-corrected chi connectivity index (χ2v) is 3.58. The number of benzene rings is 1. The fourth-order valence-corrected chi connectivity index (χ4v) is 1.30. The number of carbonyl (C=O) groups excluding carboxylic acids is 1. The average molecular weight is 208 g/mol. The van der Waals surface area contributed by atoms with Crippen LogP contribution in [-0.2, 0) is 4.79 Å². The topological polar surface area (TPSA) is 78.3 Å². The summed E-state index contributed by atoms with van der Waals surface area (Å²) in [6.07, 6.45) is 0. The molecule has 0 aromatic heterocycles. The van der Waals surface area contributed by atoms with E-state index in [0.717, 1.165) is 11.1 Å². The fraction of sp³-hybridized carbons (Fsp3) is 0.364. The fourth-order valence-electron chi connectivity index (χ4n) is 1.30. The minimum Gasteiger partial charge on any atom is -0.483 e. The molecule has 1 atom stereocenters. The molecule has 4 N–H and O–H groups in total. The zero-order chi connectivity index (χ0) is 11.4. The van der Waals surface area contributed by atoms with Crippen molar-refractivity contribution in [1.29, 1.82) is 0 Å². The molecule has 82 valence electrons. The van der Waals surface area contributed by atoms with Gasteiger partial charge in [0.1, 0.15) is 5.75 Å². The summed E-state index contributed by atoms with van der Waals surface area (Å²) in [5.74, 6) is 0.126. The first-order chi connectivity index (χ1) is 7.00.